The number of nitrogens with zero attached hydrogens (tertiary/aromatic N) is 5. The Kier molecular flexibility index (Phi) is 5.90. The largest absolute Gasteiger partial charge is 0.474 e. The van der Waals surface area contributed by atoms with Gasteiger partial charge in [0.25, 0.3) is 0 Å². The molecule has 2 saturated heterocycles. The smallest absolute Gasteiger partial charge is 0.224 e. The van der Waals surface area contributed by atoms with Gasteiger partial charge in [0.15, 0.2) is 0 Å². The molecule has 2 aromatic rings. The van der Waals surface area contributed by atoms with Gasteiger partial charge in [0.05, 0.1) is 23.0 Å². The Balaban J connectivity index is 1.23. The molecule has 0 bridgehead atoms. The number of benzene rings is 1. The zero-order valence-electron chi connectivity index (χ0n) is 18.9. The summed E-state index contributed by atoms with van der Waals surface area (Å²) in [4.78, 5) is 26.9. The molecule has 3 aliphatic rings. The van der Waals surface area contributed by atoms with Crippen LogP contribution in [-0.2, 0) is 4.79 Å². The second-order valence-electron chi connectivity index (χ2n) is 9.58. The minimum absolute atomic E-state index is 0.0438. The van der Waals surface area contributed by atoms with E-state index in [2.05, 4.69) is 38.0 Å². The van der Waals surface area contributed by atoms with Gasteiger partial charge in [-0.2, -0.15) is 0 Å². The van der Waals surface area contributed by atoms with Gasteiger partial charge in [-0.25, -0.2) is 9.97 Å². The summed E-state index contributed by atoms with van der Waals surface area (Å²) in [7, 11) is 0. The summed E-state index contributed by atoms with van der Waals surface area (Å²) in [5, 5.41) is 11.9. The number of β-amino-alcohol motifs (C(OH)–C–C–N with tert-alkyl or cyclic N) is 1. The molecule has 8 nitrogen and oxygen atoms in total. The van der Waals surface area contributed by atoms with Gasteiger partial charge in [-0.3, -0.25) is 9.69 Å². The second-order valence-corrected chi connectivity index (χ2v) is 9.58. The standard InChI is InChI=1S/C24H33N5O3/c1-18(30)29-9-8-24(31,16-29)15-27-10-12-28(13-11-27)19-6-7-22-21(14-19)23(26-17-25-22)32-20-4-2-3-5-20/h6-7,14,17,20,31H,2-5,8-13,15-16H2,1H3. The number of hydrogen-bond acceptors (Lipinski definition) is 7. The maximum absolute atomic E-state index is 11.6. The van der Waals surface area contributed by atoms with Gasteiger partial charge < -0.3 is 19.6 Å². The number of fused-ring (bicyclic) bond motifs is 1. The van der Waals surface area contributed by atoms with Gasteiger partial charge in [0.1, 0.15) is 12.4 Å². The van der Waals surface area contributed by atoms with Crippen LogP contribution in [0.5, 0.6) is 5.88 Å². The first kappa shape index (κ1) is 21.4. The first-order valence-corrected chi connectivity index (χ1v) is 11.9. The number of rotatable bonds is 5. The summed E-state index contributed by atoms with van der Waals surface area (Å²) in [6, 6.07) is 6.34. The van der Waals surface area contributed by atoms with E-state index in [-0.39, 0.29) is 12.0 Å². The van der Waals surface area contributed by atoms with Crippen molar-refractivity contribution in [3.05, 3.63) is 24.5 Å². The van der Waals surface area contributed by atoms with Crippen LogP contribution in [0.3, 0.4) is 0 Å². The summed E-state index contributed by atoms with van der Waals surface area (Å²) >= 11 is 0. The lowest BCUT2D eigenvalue weighted by Crippen LogP contribution is -2.53. The van der Waals surface area contributed by atoms with E-state index < -0.39 is 5.60 Å². The SMILES string of the molecule is CC(=O)N1CCC(O)(CN2CCN(c3ccc4ncnc(OC5CCCC5)c4c3)CC2)C1. The fourth-order valence-electron chi connectivity index (χ4n) is 5.31. The summed E-state index contributed by atoms with van der Waals surface area (Å²) in [6.07, 6.45) is 7.16. The van der Waals surface area contributed by atoms with Crippen LogP contribution in [0.2, 0.25) is 0 Å². The molecule has 3 heterocycles. The summed E-state index contributed by atoms with van der Waals surface area (Å²) in [5.41, 5.74) is 1.28. The molecule has 0 radical (unpaired) electrons. The second kappa shape index (κ2) is 8.83. The van der Waals surface area contributed by atoms with Crippen LogP contribution in [-0.4, -0.2) is 88.3 Å². The first-order chi connectivity index (χ1) is 15.5. The molecule has 1 atom stereocenters. The van der Waals surface area contributed by atoms with Crippen LogP contribution < -0.4 is 9.64 Å². The van der Waals surface area contributed by atoms with Gasteiger partial charge in [-0.1, -0.05) is 0 Å². The van der Waals surface area contributed by atoms with Crippen molar-refractivity contribution < 1.29 is 14.6 Å². The molecule has 8 heteroatoms. The van der Waals surface area contributed by atoms with Crippen molar-refractivity contribution in [1.29, 1.82) is 0 Å². The number of carbonyl (C=O) groups is 1. The highest BCUT2D eigenvalue weighted by Crippen LogP contribution is 2.31. The van der Waals surface area contributed by atoms with Gasteiger partial charge in [-0.15, -0.1) is 0 Å². The van der Waals surface area contributed by atoms with Gasteiger partial charge in [0.2, 0.25) is 11.8 Å². The predicted octanol–water partition coefficient (Wildman–Crippen LogP) is 2.06. The third-order valence-corrected chi connectivity index (χ3v) is 7.20. The lowest BCUT2D eigenvalue weighted by Gasteiger charge is -2.39. The molecule has 32 heavy (non-hydrogen) atoms. The molecule has 1 unspecified atom stereocenters. The molecule has 2 aliphatic heterocycles. The predicted molar refractivity (Wildman–Crippen MR) is 123 cm³/mol. The number of amides is 1. The normalized spacial score (nSPS) is 25.1. The van der Waals surface area contributed by atoms with Gasteiger partial charge >= 0.3 is 0 Å². The summed E-state index contributed by atoms with van der Waals surface area (Å²) in [6.45, 7) is 6.84. The molecule has 1 amide bonds. The minimum atomic E-state index is -0.791. The third kappa shape index (κ3) is 4.52. The van der Waals surface area contributed by atoms with E-state index in [4.69, 9.17) is 4.74 Å². The maximum atomic E-state index is 11.6. The number of aromatic nitrogens is 2. The number of ether oxygens (including phenoxy) is 1. The van der Waals surface area contributed by atoms with Crippen LogP contribution in [0.25, 0.3) is 10.9 Å². The highest BCUT2D eigenvalue weighted by atomic mass is 16.5. The summed E-state index contributed by atoms with van der Waals surface area (Å²) < 4.78 is 6.23. The first-order valence-electron chi connectivity index (χ1n) is 11.9. The molecular weight excluding hydrogens is 406 g/mol. The molecule has 3 fully saturated rings. The lowest BCUT2D eigenvalue weighted by atomic mass is 10.0. The number of likely N-dealkylation sites (tertiary alicyclic amines) is 1. The molecule has 0 spiro atoms. The summed E-state index contributed by atoms with van der Waals surface area (Å²) in [5.74, 6) is 0.739. The number of aliphatic hydroxyl groups is 1. The molecule has 1 saturated carbocycles. The van der Waals surface area contributed by atoms with Crippen LogP contribution >= 0.6 is 0 Å². The molecule has 1 aromatic heterocycles. The average Bonchev–Trinajstić information content (AvgIpc) is 3.44. The van der Waals surface area contributed by atoms with Crippen molar-refractivity contribution in [3.8, 4) is 5.88 Å². The third-order valence-electron chi connectivity index (χ3n) is 7.20. The van der Waals surface area contributed by atoms with Crippen LogP contribution in [0, 0.1) is 0 Å². The monoisotopic (exact) mass is 439 g/mol. The Labute approximate surface area is 189 Å². The van der Waals surface area contributed by atoms with Crippen molar-refractivity contribution >= 4 is 22.5 Å². The van der Waals surface area contributed by atoms with Gasteiger partial charge in [-0.05, 0) is 50.3 Å². The molecule has 1 N–H and O–H groups in total. The van der Waals surface area contributed by atoms with E-state index in [1.165, 1.54) is 12.8 Å². The molecule has 5 rings (SSSR count). The Morgan fingerprint density at radius 3 is 2.66 bits per heavy atom. The Morgan fingerprint density at radius 1 is 1.16 bits per heavy atom. The van der Waals surface area contributed by atoms with E-state index in [1.807, 2.05) is 0 Å². The van der Waals surface area contributed by atoms with Crippen molar-refractivity contribution in [2.75, 3.05) is 50.7 Å². The Bertz CT molecular complexity index is 971. The zero-order chi connectivity index (χ0) is 22.1. The van der Waals surface area contributed by atoms with E-state index >= 15 is 0 Å². The van der Waals surface area contributed by atoms with Crippen molar-refractivity contribution in [2.24, 2.45) is 0 Å². The number of piperazine rings is 1. The molecule has 1 aromatic carbocycles. The number of anilines is 1. The fourth-order valence-corrected chi connectivity index (χ4v) is 5.31. The zero-order valence-corrected chi connectivity index (χ0v) is 18.9. The Morgan fingerprint density at radius 2 is 1.94 bits per heavy atom. The lowest BCUT2D eigenvalue weighted by molar-refractivity contribution is -0.128. The quantitative estimate of drug-likeness (QED) is 0.764. The van der Waals surface area contributed by atoms with Gasteiger partial charge in [0, 0.05) is 51.9 Å². The van der Waals surface area contributed by atoms with E-state index in [9.17, 15) is 9.90 Å². The fraction of sp³-hybridized carbons (Fsp3) is 0.625. The molecule has 1 aliphatic carbocycles. The van der Waals surface area contributed by atoms with E-state index in [0.29, 0.717) is 31.9 Å². The number of hydrogen-bond donors (Lipinski definition) is 1. The average molecular weight is 440 g/mol. The highest BCUT2D eigenvalue weighted by molar-refractivity contribution is 5.86. The topological polar surface area (TPSA) is 82.0 Å². The Hall–Kier alpha value is -2.45. The van der Waals surface area contributed by atoms with Crippen molar-refractivity contribution in [3.63, 3.8) is 0 Å². The maximum Gasteiger partial charge on any atom is 0.224 e. The van der Waals surface area contributed by atoms with Crippen molar-refractivity contribution in [2.45, 2.75) is 50.7 Å². The van der Waals surface area contributed by atoms with Crippen LogP contribution in [0.1, 0.15) is 39.0 Å². The minimum Gasteiger partial charge on any atom is -0.474 e. The molecule has 172 valence electrons. The van der Waals surface area contributed by atoms with E-state index in [1.54, 1.807) is 18.2 Å². The van der Waals surface area contributed by atoms with E-state index in [0.717, 1.165) is 55.6 Å². The molecular formula is C24H33N5O3. The van der Waals surface area contributed by atoms with Crippen LogP contribution in [0.4, 0.5) is 5.69 Å². The highest BCUT2D eigenvalue weighted by Gasteiger charge is 2.39. The van der Waals surface area contributed by atoms with Crippen LogP contribution in [0.15, 0.2) is 24.5 Å². The van der Waals surface area contributed by atoms with Crippen molar-refractivity contribution in [1.82, 2.24) is 19.8 Å². The number of carbonyl (C=O) groups excluding carboxylic acids is 1.